The fourth-order valence-electron chi connectivity index (χ4n) is 6.68. The number of hydrogen-bond acceptors (Lipinski definition) is 10. The van der Waals surface area contributed by atoms with Crippen molar-refractivity contribution in [1.29, 1.82) is 0 Å². The molecule has 4 amide bonds. The van der Waals surface area contributed by atoms with Crippen molar-refractivity contribution in [3.8, 4) is 0 Å². The molecule has 3 aromatic rings. The van der Waals surface area contributed by atoms with Gasteiger partial charge in [0, 0.05) is 25.2 Å². The van der Waals surface area contributed by atoms with Crippen LogP contribution in [0.2, 0.25) is 0 Å². The average molecular weight is 804 g/mol. The van der Waals surface area contributed by atoms with Crippen molar-refractivity contribution >= 4 is 64.1 Å². The summed E-state index contributed by atoms with van der Waals surface area (Å²) in [5.74, 6) is -1.87. The summed E-state index contributed by atoms with van der Waals surface area (Å²) in [6.45, 7) is 7.12. The number of aliphatic imine (C=N–C) groups is 1. The van der Waals surface area contributed by atoms with Crippen LogP contribution in [0.25, 0.3) is 0 Å². The number of nitrogens with zero attached hydrogens (tertiary/aromatic N) is 2. The van der Waals surface area contributed by atoms with Gasteiger partial charge in [-0.2, -0.15) is 0 Å². The van der Waals surface area contributed by atoms with Crippen LogP contribution in [0.3, 0.4) is 0 Å². The van der Waals surface area contributed by atoms with Crippen LogP contribution < -0.4 is 26.6 Å². The first-order valence-electron chi connectivity index (χ1n) is 18.6. The number of ether oxygens (including phenoxy) is 3. The number of likely N-dealkylation sites (tertiary alicyclic amines) is 1. The Hall–Kier alpha value is -5.07. The lowest BCUT2D eigenvalue weighted by molar-refractivity contribution is -0.142. The highest BCUT2D eigenvalue weighted by Gasteiger charge is 2.42. The molecule has 0 bridgehead atoms. The molecule has 0 spiro atoms. The lowest BCUT2D eigenvalue weighted by atomic mass is 10.0. The van der Waals surface area contributed by atoms with Gasteiger partial charge in [-0.3, -0.25) is 14.4 Å². The van der Waals surface area contributed by atoms with E-state index in [4.69, 9.17) is 26.0 Å². The van der Waals surface area contributed by atoms with Crippen molar-refractivity contribution in [2.75, 3.05) is 26.4 Å². The molecule has 0 saturated carbocycles. The number of hydrogen-bond donors (Lipinski definition) is 3. The zero-order chi connectivity index (χ0) is 40.5. The smallest absolute Gasteiger partial charge is 0.408 e. The molecule has 0 aromatic heterocycles. The molecule has 56 heavy (non-hydrogen) atoms. The molecule has 0 radical (unpaired) electrons. The van der Waals surface area contributed by atoms with Gasteiger partial charge in [-0.25, -0.2) is 14.6 Å². The summed E-state index contributed by atoms with van der Waals surface area (Å²) in [4.78, 5) is 73.8. The largest absolute Gasteiger partial charge is 0.477 e. The maximum Gasteiger partial charge on any atom is 0.408 e. The third-order valence-electron chi connectivity index (χ3n) is 9.40. The van der Waals surface area contributed by atoms with E-state index >= 15 is 0 Å². The van der Waals surface area contributed by atoms with E-state index in [0.29, 0.717) is 12.8 Å². The number of nitrogens with one attached hydrogen (secondary N) is 3. The van der Waals surface area contributed by atoms with Crippen LogP contribution in [0.5, 0.6) is 0 Å². The molecular formula is C41H50N5O8PS. The summed E-state index contributed by atoms with van der Waals surface area (Å²) in [6.07, 6.45) is 0.349. The summed E-state index contributed by atoms with van der Waals surface area (Å²) >= 11 is 6.48. The van der Waals surface area contributed by atoms with Crippen molar-refractivity contribution in [3.05, 3.63) is 96.6 Å². The number of esters is 1. The first kappa shape index (κ1) is 42.1. The van der Waals surface area contributed by atoms with Gasteiger partial charge in [-0.15, -0.1) is 0 Å². The molecule has 13 nitrogen and oxygen atoms in total. The van der Waals surface area contributed by atoms with Crippen molar-refractivity contribution in [3.63, 3.8) is 0 Å². The molecule has 1 fully saturated rings. The van der Waals surface area contributed by atoms with Gasteiger partial charge in [0.15, 0.2) is 6.04 Å². The maximum atomic E-state index is 14.7. The third-order valence-corrected chi connectivity index (χ3v) is 14.3. The normalized spacial score (nSPS) is 18.4. The van der Waals surface area contributed by atoms with Crippen LogP contribution in [-0.2, 0) is 51.6 Å². The van der Waals surface area contributed by atoms with Crippen molar-refractivity contribution < 1.29 is 38.2 Å². The van der Waals surface area contributed by atoms with Crippen molar-refractivity contribution in [2.24, 2.45) is 4.99 Å². The Labute approximate surface area is 333 Å². The highest BCUT2D eigenvalue weighted by atomic mass is 32.4. The van der Waals surface area contributed by atoms with Crippen LogP contribution in [0.15, 0.2) is 96.0 Å². The van der Waals surface area contributed by atoms with Crippen LogP contribution in [0.1, 0.15) is 46.1 Å². The Bertz CT molecular complexity index is 1900. The molecular weight excluding hydrogens is 754 g/mol. The van der Waals surface area contributed by atoms with Gasteiger partial charge in [0.05, 0.1) is 7.11 Å². The quantitative estimate of drug-likeness (QED) is 0.164. The van der Waals surface area contributed by atoms with Crippen LogP contribution in [0.4, 0.5) is 4.79 Å². The second kappa shape index (κ2) is 18.7. The summed E-state index contributed by atoms with van der Waals surface area (Å²) in [7, 11) is 1.26. The minimum absolute atomic E-state index is 0.00695. The van der Waals surface area contributed by atoms with E-state index in [2.05, 4.69) is 20.9 Å². The lowest BCUT2D eigenvalue weighted by Crippen LogP contribution is -2.58. The van der Waals surface area contributed by atoms with Gasteiger partial charge in [0.25, 0.3) is 0 Å². The Morgan fingerprint density at radius 3 is 2.05 bits per heavy atom. The van der Waals surface area contributed by atoms with E-state index in [1.807, 2.05) is 91.0 Å². The molecule has 5 atom stereocenters. The first-order valence-corrected chi connectivity index (χ1v) is 21.6. The predicted octanol–water partition coefficient (Wildman–Crippen LogP) is 3.20. The van der Waals surface area contributed by atoms with E-state index in [1.165, 1.54) is 12.0 Å². The van der Waals surface area contributed by atoms with Crippen molar-refractivity contribution in [2.45, 2.75) is 82.8 Å². The maximum absolute atomic E-state index is 14.7. The topological polar surface area (TPSA) is 165 Å². The fraction of sp³-hybridized carbons (Fsp3) is 0.415. The van der Waals surface area contributed by atoms with Gasteiger partial charge in [-0.1, -0.05) is 103 Å². The van der Waals surface area contributed by atoms with Crippen molar-refractivity contribution in [1.82, 2.24) is 20.9 Å². The second-order valence-corrected chi connectivity index (χ2v) is 19.5. The predicted molar refractivity (Wildman–Crippen MR) is 218 cm³/mol. The molecule has 5 rings (SSSR count). The van der Waals surface area contributed by atoms with Gasteiger partial charge >= 0.3 is 12.1 Å². The van der Waals surface area contributed by atoms with Crippen LogP contribution in [0, 0.1) is 0 Å². The Balaban J connectivity index is 1.40. The Kier molecular flexibility index (Phi) is 14.1. The molecule has 2 aliphatic rings. The van der Waals surface area contributed by atoms with E-state index < -0.39 is 71.6 Å². The average Bonchev–Trinajstić information content (AvgIpc) is 3.89. The van der Waals surface area contributed by atoms with Crippen LogP contribution >= 0.6 is 6.04 Å². The minimum atomic E-state index is -2.72. The summed E-state index contributed by atoms with van der Waals surface area (Å²) in [5.41, 5.74) is -0.0348. The monoisotopic (exact) mass is 803 g/mol. The minimum Gasteiger partial charge on any atom is -0.477 e. The molecule has 15 heteroatoms. The Morgan fingerprint density at radius 1 is 0.893 bits per heavy atom. The molecule has 1 saturated heterocycles. The number of benzene rings is 3. The number of methoxy groups -OCH3 is 1. The highest BCUT2D eigenvalue weighted by molar-refractivity contribution is 8.22. The summed E-state index contributed by atoms with van der Waals surface area (Å²) in [6, 6.07) is 21.0. The summed E-state index contributed by atoms with van der Waals surface area (Å²) in [5, 5.41) is 10.3. The zero-order valence-electron chi connectivity index (χ0n) is 32.3. The molecule has 2 heterocycles. The number of carbonyl (C=O) groups excluding carboxylic acids is 5. The number of amides is 4. The third kappa shape index (κ3) is 10.8. The molecule has 2 aliphatic heterocycles. The Morgan fingerprint density at radius 2 is 1.48 bits per heavy atom. The highest BCUT2D eigenvalue weighted by Crippen LogP contribution is 2.44. The van der Waals surface area contributed by atoms with E-state index in [0.717, 1.165) is 16.2 Å². The number of rotatable bonds is 14. The van der Waals surface area contributed by atoms with E-state index in [9.17, 15) is 24.0 Å². The zero-order valence-corrected chi connectivity index (χ0v) is 34.0. The van der Waals surface area contributed by atoms with Gasteiger partial charge in [0.1, 0.15) is 36.4 Å². The fourth-order valence-corrected chi connectivity index (χ4v) is 10.6. The first-order chi connectivity index (χ1) is 26.7. The van der Waals surface area contributed by atoms with Crippen LogP contribution in [-0.4, -0.2) is 103 Å². The molecule has 298 valence electrons. The summed E-state index contributed by atoms with van der Waals surface area (Å²) < 4.78 is 15.9. The lowest BCUT2D eigenvalue weighted by Gasteiger charge is -2.33. The van der Waals surface area contributed by atoms with E-state index in [-0.39, 0.29) is 31.6 Å². The standard InChI is InChI=1S/C41H50N5O8PS/c1-27(37-44-32(25-53-37)39(50)52-5)42-35(47)31(24-28-16-9-6-10-17-28)43-36(48)34-22-15-23-46(34)38(49)33(45-40(51)54-41(2,3)4)26-55(56,29-18-11-7-12-19-29)30-20-13-8-14-21-30/h6-14,16-21,27,31-34H,15,22-26H2,1-5H3,(H,42,47)(H,43,48)(H,45,51)/t27-,31+,32+,33-,34-/m0/s1. The number of alkyl carbamates (subject to hydrolysis) is 1. The van der Waals surface area contributed by atoms with E-state index in [1.54, 1.807) is 27.7 Å². The van der Waals surface area contributed by atoms with Gasteiger partial charge in [0.2, 0.25) is 23.6 Å². The van der Waals surface area contributed by atoms with Gasteiger partial charge in [-0.05, 0) is 56.7 Å². The van der Waals surface area contributed by atoms with Gasteiger partial charge < -0.3 is 35.1 Å². The molecule has 0 aliphatic carbocycles. The number of carbonyl (C=O) groups is 5. The molecule has 3 N–H and O–H groups in total. The molecule has 3 aromatic carbocycles. The SMILES string of the molecule is COC(=O)[C@H]1COC([C@H](C)NC(=O)[C@@H](Cc2ccccc2)NC(=O)[C@@H]2CCCN2C(=O)[C@H](CP(=S)(c2ccccc2)c2ccccc2)NC(=O)OC(C)(C)C)=N1. The molecule has 0 unspecified atom stereocenters. The second-order valence-electron chi connectivity index (χ2n) is 14.8.